The predicted octanol–water partition coefficient (Wildman–Crippen LogP) is 2.65. The van der Waals surface area contributed by atoms with Crippen LogP contribution >= 0.6 is 0 Å². The van der Waals surface area contributed by atoms with E-state index in [1.807, 2.05) is 44.2 Å². The molecule has 0 spiro atoms. The first kappa shape index (κ1) is 14.1. The van der Waals surface area contributed by atoms with E-state index < -0.39 is 0 Å². The third-order valence-electron chi connectivity index (χ3n) is 2.62. The van der Waals surface area contributed by atoms with Crippen molar-refractivity contribution in [2.24, 2.45) is 0 Å². The van der Waals surface area contributed by atoms with Crippen LogP contribution in [0.2, 0.25) is 0 Å². The molecular formula is C15H18N2O. The molecule has 0 aliphatic heterocycles. The minimum atomic E-state index is -0.338. The number of hydrogen-bond acceptors (Lipinski definition) is 3. The van der Waals surface area contributed by atoms with Gasteiger partial charge in [0.2, 0.25) is 0 Å². The number of rotatable bonds is 5. The van der Waals surface area contributed by atoms with Crippen molar-refractivity contribution in [3.05, 3.63) is 29.8 Å². The average molecular weight is 242 g/mol. The fourth-order valence-corrected chi connectivity index (χ4v) is 1.63. The monoisotopic (exact) mass is 242 g/mol. The van der Waals surface area contributed by atoms with Crippen LogP contribution in [0.15, 0.2) is 24.3 Å². The lowest BCUT2D eigenvalue weighted by molar-refractivity contribution is 0.367. The second-order valence-corrected chi connectivity index (χ2v) is 4.65. The molecule has 0 bridgehead atoms. The van der Waals surface area contributed by atoms with Crippen LogP contribution in [0.1, 0.15) is 32.4 Å². The van der Waals surface area contributed by atoms with E-state index in [9.17, 15) is 0 Å². The maximum atomic E-state index is 8.42. The van der Waals surface area contributed by atoms with Crippen LogP contribution in [0.5, 0.6) is 5.75 Å². The number of benzene rings is 1. The molecule has 3 heteroatoms. The summed E-state index contributed by atoms with van der Waals surface area (Å²) in [6, 6.07) is 9.74. The van der Waals surface area contributed by atoms with Gasteiger partial charge in [0.1, 0.15) is 11.8 Å². The van der Waals surface area contributed by atoms with Gasteiger partial charge < -0.3 is 4.74 Å². The van der Waals surface area contributed by atoms with Crippen molar-refractivity contribution >= 4 is 0 Å². The Labute approximate surface area is 109 Å². The zero-order chi connectivity index (χ0) is 13.6. The molecule has 0 saturated heterocycles. The lowest BCUT2D eigenvalue weighted by Gasteiger charge is -2.25. The highest BCUT2D eigenvalue weighted by Crippen LogP contribution is 2.19. The molecule has 1 aromatic carbocycles. The molecule has 1 aromatic rings. The number of nitrogens with zero attached hydrogens (tertiary/aromatic N) is 1. The Balaban J connectivity index is 2.68. The minimum Gasteiger partial charge on any atom is -0.479 e. The Bertz CT molecular complexity index is 463. The number of nitrogens with one attached hydrogen (secondary N) is 1. The molecule has 0 amide bonds. The van der Waals surface area contributed by atoms with E-state index >= 15 is 0 Å². The van der Waals surface area contributed by atoms with Gasteiger partial charge in [-0.3, -0.25) is 5.32 Å². The van der Waals surface area contributed by atoms with E-state index in [0.29, 0.717) is 5.75 Å². The second kappa shape index (κ2) is 6.10. The Morgan fingerprint density at radius 1 is 1.39 bits per heavy atom. The third-order valence-corrected chi connectivity index (χ3v) is 2.62. The molecule has 0 aliphatic carbocycles. The van der Waals surface area contributed by atoms with E-state index in [2.05, 4.69) is 18.2 Å². The summed E-state index contributed by atoms with van der Waals surface area (Å²) >= 11 is 0. The van der Waals surface area contributed by atoms with Crippen LogP contribution in [0, 0.1) is 23.7 Å². The first-order valence-electron chi connectivity index (χ1n) is 5.83. The van der Waals surface area contributed by atoms with Gasteiger partial charge in [-0.2, -0.15) is 5.26 Å². The van der Waals surface area contributed by atoms with Gasteiger partial charge in [-0.05, 0) is 38.5 Å². The van der Waals surface area contributed by atoms with Gasteiger partial charge in [-0.25, -0.2) is 0 Å². The summed E-state index contributed by atoms with van der Waals surface area (Å²) in [7, 11) is 0. The highest BCUT2D eigenvalue weighted by molar-refractivity contribution is 5.29. The molecule has 0 fully saturated rings. The van der Waals surface area contributed by atoms with Gasteiger partial charge >= 0.3 is 0 Å². The van der Waals surface area contributed by atoms with Crippen LogP contribution in [0.3, 0.4) is 0 Å². The van der Waals surface area contributed by atoms with Crippen LogP contribution < -0.4 is 10.1 Å². The molecule has 1 rings (SSSR count). The van der Waals surface area contributed by atoms with Crippen molar-refractivity contribution in [2.45, 2.75) is 32.4 Å². The van der Waals surface area contributed by atoms with Gasteiger partial charge in [-0.15, -0.1) is 6.42 Å². The average Bonchev–Trinajstić information content (AvgIpc) is 2.36. The first-order chi connectivity index (χ1) is 8.48. The molecular weight excluding hydrogens is 224 g/mol. The predicted molar refractivity (Wildman–Crippen MR) is 72.0 cm³/mol. The van der Waals surface area contributed by atoms with Gasteiger partial charge in [0, 0.05) is 6.04 Å². The summed E-state index contributed by atoms with van der Waals surface area (Å²) in [6.45, 7) is 6.06. The fourth-order valence-electron chi connectivity index (χ4n) is 1.63. The summed E-state index contributed by atoms with van der Waals surface area (Å²) in [5.74, 6) is 3.41. The number of ether oxygens (including phenoxy) is 1. The second-order valence-electron chi connectivity index (χ2n) is 4.65. The van der Waals surface area contributed by atoms with Crippen LogP contribution in [0.4, 0.5) is 0 Å². The summed E-state index contributed by atoms with van der Waals surface area (Å²) in [6.07, 6.45) is 5.45. The van der Waals surface area contributed by atoms with Gasteiger partial charge in [0.05, 0.1) is 5.54 Å². The van der Waals surface area contributed by atoms with Crippen LogP contribution in [-0.2, 0) is 0 Å². The molecule has 1 N–H and O–H groups in total. The lowest BCUT2D eigenvalue weighted by atomic mass is 10.0. The van der Waals surface area contributed by atoms with Crippen LogP contribution in [0.25, 0.3) is 0 Å². The molecule has 3 nitrogen and oxygen atoms in total. The van der Waals surface area contributed by atoms with Gasteiger partial charge in [0.25, 0.3) is 0 Å². The minimum absolute atomic E-state index is 0.0667. The Hall–Kier alpha value is -1.97. The summed E-state index contributed by atoms with van der Waals surface area (Å²) in [4.78, 5) is 0. The van der Waals surface area contributed by atoms with E-state index in [-0.39, 0.29) is 18.2 Å². The number of nitriles is 1. The SMILES string of the molecule is C#CC(C)(C)NC(C)c1ccc(OCC#N)cc1. The normalized spacial score (nSPS) is 12.3. The Morgan fingerprint density at radius 3 is 2.50 bits per heavy atom. The zero-order valence-corrected chi connectivity index (χ0v) is 11.0. The standard InChI is InChI=1S/C15H18N2O/c1-5-15(3,4)17-12(2)13-6-8-14(9-7-13)18-11-10-16/h1,6-9,12,17H,11H2,2-4H3. The number of hydrogen-bond donors (Lipinski definition) is 1. The quantitative estimate of drug-likeness (QED) is 0.807. The number of terminal acetylenes is 1. The van der Waals surface area contributed by atoms with E-state index in [0.717, 1.165) is 5.56 Å². The molecule has 1 atom stereocenters. The Kier molecular flexibility index (Phi) is 4.77. The maximum absolute atomic E-state index is 8.42. The topological polar surface area (TPSA) is 45.0 Å². The smallest absolute Gasteiger partial charge is 0.174 e. The zero-order valence-electron chi connectivity index (χ0n) is 11.0. The van der Waals surface area contributed by atoms with Crippen molar-refractivity contribution < 1.29 is 4.74 Å². The highest BCUT2D eigenvalue weighted by Gasteiger charge is 2.17. The van der Waals surface area contributed by atoms with Crippen LogP contribution in [-0.4, -0.2) is 12.1 Å². The van der Waals surface area contributed by atoms with Crippen molar-refractivity contribution in [1.29, 1.82) is 5.26 Å². The maximum Gasteiger partial charge on any atom is 0.174 e. The molecule has 94 valence electrons. The highest BCUT2D eigenvalue weighted by atomic mass is 16.5. The summed E-state index contributed by atoms with van der Waals surface area (Å²) in [5, 5.41) is 11.8. The van der Waals surface area contributed by atoms with E-state index in [4.69, 9.17) is 16.4 Å². The lowest BCUT2D eigenvalue weighted by Crippen LogP contribution is -2.39. The van der Waals surface area contributed by atoms with Crippen molar-refractivity contribution in [1.82, 2.24) is 5.32 Å². The summed E-state index contributed by atoms with van der Waals surface area (Å²) in [5.41, 5.74) is 0.790. The molecule has 0 heterocycles. The Morgan fingerprint density at radius 2 is 2.00 bits per heavy atom. The third kappa shape index (κ3) is 4.13. The van der Waals surface area contributed by atoms with E-state index in [1.165, 1.54) is 0 Å². The van der Waals surface area contributed by atoms with E-state index in [1.54, 1.807) is 0 Å². The first-order valence-corrected chi connectivity index (χ1v) is 5.83. The van der Waals surface area contributed by atoms with Crippen molar-refractivity contribution in [3.63, 3.8) is 0 Å². The fraction of sp³-hybridized carbons (Fsp3) is 0.400. The van der Waals surface area contributed by atoms with Gasteiger partial charge in [0.15, 0.2) is 6.61 Å². The molecule has 0 aliphatic rings. The van der Waals surface area contributed by atoms with Crippen molar-refractivity contribution in [2.75, 3.05) is 6.61 Å². The largest absolute Gasteiger partial charge is 0.479 e. The molecule has 0 radical (unpaired) electrons. The molecule has 1 unspecified atom stereocenters. The molecule has 0 saturated carbocycles. The van der Waals surface area contributed by atoms with Crippen molar-refractivity contribution in [3.8, 4) is 24.2 Å². The summed E-state index contributed by atoms with van der Waals surface area (Å²) < 4.78 is 5.20. The molecule has 0 aromatic heterocycles. The van der Waals surface area contributed by atoms with Gasteiger partial charge in [-0.1, -0.05) is 18.1 Å². The molecule has 18 heavy (non-hydrogen) atoms.